The summed E-state index contributed by atoms with van der Waals surface area (Å²) in [5.74, 6) is -0.717. The van der Waals surface area contributed by atoms with Crippen molar-refractivity contribution in [3.8, 4) is 0 Å². The van der Waals surface area contributed by atoms with Crippen molar-refractivity contribution in [2.24, 2.45) is 0 Å². The minimum Gasteiger partial charge on any atom is -0.465 e. The zero-order chi connectivity index (χ0) is 11.2. The van der Waals surface area contributed by atoms with Gasteiger partial charge in [0.15, 0.2) is 0 Å². The van der Waals surface area contributed by atoms with Crippen LogP contribution in [0.15, 0.2) is 0 Å². The first-order valence-corrected chi connectivity index (χ1v) is 4.72. The number of hydrogen-bond donors (Lipinski definition) is 0. The van der Waals surface area contributed by atoms with E-state index in [4.69, 9.17) is 4.74 Å². The highest BCUT2D eigenvalue weighted by Crippen LogP contribution is 2.14. The Bertz CT molecular complexity index is 208. The van der Waals surface area contributed by atoms with Gasteiger partial charge in [0, 0.05) is 6.92 Å². The second-order valence-corrected chi connectivity index (χ2v) is 3.68. The van der Waals surface area contributed by atoms with E-state index < -0.39 is 5.60 Å². The number of rotatable bonds is 5. The van der Waals surface area contributed by atoms with Gasteiger partial charge < -0.3 is 9.47 Å². The van der Waals surface area contributed by atoms with Crippen LogP contribution in [0.1, 0.15) is 40.5 Å². The molecule has 0 bridgehead atoms. The SMILES string of the molecule is CCC(C)(C)OC(=O)CCOC(C)=O. The van der Waals surface area contributed by atoms with Gasteiger partial charge in [0.2, 0.25) is 0 Å². The summed E-state index contributed by atoms with van der Waals surface area (Å²) in [7, 11) is 0. The lowest BCUT2D eigenvalue weighted by Gasteiger charge is -2.23. The normalized spacial score (nSPS) is 10.9. The maximum Gasteiger partial charge on any atom is 0.309 e. The predicted octanol–water partition coefficient (Wildman–Crippen LogP) is 1.67. The van der Waals surface area contributed by atoms with Crippen LogP contribution in [-0.2, 0) is 19.1 Å². The first-order valence-electron chi connectivity index (χ1n) is 4.72. The van der Waals surface area contributed by atoms with E-state index in [1.807, 2.05) is 20.8 Å². The highest BCUT2D eigenvalue weighted by Gasteiger charge is 2.19. The molecule has 0 saturated carbocycles. The fourth-order valence-corrected chi connectivity index (χ4v) is 0.709. The molecule has 0 unspecified atom stereocenters. The maximum absolute atomic E-state index is 11.2. The minimum atomic E-state index is -0.437. The molecule has 0 aromatic carbocycles. The van der Waals surface area contributed by atoms with Crippen molar-refractivity contribution < 1.29 is 19.1 Å². The molecule has 0 aromatic heterocycles. The molecule has 14 heavy (non-hydrogen) atoms. The lowest BCUT2D eigenvalue weighted by Crippen LogP contribution is -2.27. The van der Waals surface area contributed by atoms with Crippen LogP contribution in [0.2, 0.25) is 0 Å². The van der Waals surface area contributed by atoms with Gasteiger partial charge in [0.1, 0.15) is 12.2 Å². The molecule has 0 fully saturated rings. The molecule has 0 spiro atoms. The van der Waals surface area contributed by atoms with Gasteiger partial charge in [-0.05, 0) is 20.3 Å². The van der Waals surface area contributed by atoms with Gasteiger partial charge in [-0.1, -0.05) is 6.92 Å². The van der Waals surface area contributed by atoms with E-state index in [0.717, 1.165) is 6.42 Å². The van der Waals surface area contributed by atoms with Gasteiger partial charge in [-0.25, -0.2) is 0 Å². The van der Waals surface area contributed by atoms with Crippen LogP contribution < -0.4 is 0 Å². The smallest absolute Gasteiger partial charge is 0.309 e. The van der Waals surface area contributed by atoms with Crippen molar-refractivity contribution in [1.82, 2.24) is 0 Å². The van der Waals surface area contributed by atoms with E-state index in [2.05, 4.69) is 4.74 Å². The van der Waals surface area contributed by atoms with Crippen molar-refractivity contribution in [3.63, 3.8) is 0 Å². The number of carbonyl (C=O) groups excluding carboxylic acids is 2. The lowest BCUT2D eigenvalue weighted by atomic mass is 10.1. The highest BCUT2D eigenvalue weighted by atomic mass is 16.6. The summed E-state index contributed by atoms with van der Waals surface area (Å²) in [4.78, 5) is 21.6. The Kier molecular flexibility index (Phi) is 5.20. The molecule has 0 aliphatic heterocycles. The van der Waals surface area contributed by atoms with Crippen LogP contribution in [0.3, 0.4) is 0 Å². The van der Waals surface area contributed by atoms with Crippen LogP contribution in [0, 0.1) is 0 Å². The minimum absolute atomic E-state index is 0.0912. The number of hydrogen-bond acceptors (Lipinski definition) is 4. The third-order valence-electron chi connectivity index (χ3n) is 1.85. The van der Waals surface area contributed by atoms with Crippen molar-refractivity contribution in [1.29, 1.82) is 0 Å². The zero-order valence-corrected chi connectivity index (χ0v) is 9.25. The van der Waals surface area contributed by atoms with Crippen LogP contribution in [0.25, 0.3) is 0 Å². The molecule has 0 aromatic rings. The summed E-state index contributed by atoms with van der Waals surface area (Å²) in [6, 6.07) is 0. The molecule has 0 radical (unpaired) electrons. The summed E-state index contributed by atoms with van der Waals surface area (Å²) in [5, 5.41) is 0. The first-order chi connectivity index (χ1) is 6.37. The van der Waals surface area contributed by atoms with E-state index in [1.165, 1.54) is 6.92 Å². The zero-order valence-electron chi connectivity index (χ0n) is 9.25. The highest BCUT2D eigenvalue weighted by molar-refractivity contribution is 5.71. The van der Waals surface area contributed by atoms with Gasteiger partial charge >= 0.3 is 11.9 Å². The van der Waals surface area contributed by atoms with Crippen molar-refractivity contribution >= 4 is 11.9 Å². The van der Waals surface area contributed by atoms with Crippen LogP contribution >= 0.6 is 0 Å². The Morgan fingerprint density at radius 2 is 1.86 bits per heavy atom. The third kappa shape index (κ3) is 6.46. The van der Waals surface area contributed by atoms with Gasteiger partial charge in [0.25, 0.3) is 0 Å². The molecule has 0 saturated heterocycles. The number of carbonyl (C=O) groups is 2. The van der Waals surface area contributed by atoms with Gasteiger partial charge in [0.05, 0.1) is 6.42 Å². The summed E-state index contributed by atoms with van der Waals surface area (Å²) in [5.41, 5.74) is -0.437. The molecule has 0 atom stereocenters. The topological polar surface area (TPSA) is 52.6 Å². The van der Waals surface area contributed by atoms with Crippen LogP contribution in [0.5, 0.6) is 0 Å². The van der Waals surface area contributed by atoms with E-state index in [0.29, 0.717) is 0 Å². The third-order valence-corrected chi connectivity index (χ3v) is 1.85. The molecule has 4 heteroatoms. The molecule has 0 aliphatic rings. The van der Waals surface area contributed by atoms with Crippen LogP contribution in [0.4, 0.5) is 0 Å². The number of esters is 2. The summed E-state index contributed by atoms with van der Waals surface area (Å²) >= 11 is 0. The molecule has 0 heterocycles. The summed E-state index contributed by atoms with van der Waals surface area (Å²) in [6.07, 6.45) is 0.870. The Morgan fingerprint density at radius 3 is 2.29 bits per heavy atom. The largest absolute Gasteiger partial charge is 0.465 e. The molecule has 0 rings (SSSR count). The number of ether oxygens (including phenoxy) is 2. The first kappa shape index (κ1) is 12.9. The molecule has 0 amide bonds. The van der Waals surface area contributed by atoms with E-state index in [9.17, 15) is 9.59 Å². The lowest BCUT2D eigenvalue weighted by molar-refractivity contribution is -0.158. The Hall–Kier alpha value is -1.06. The maximum atomic E-state index is 11.2. The Labute approximate surface area is 84.6 Å². The van der Waals surface area contributed by atoms with E-state index >= 15 is 0 Å². The molecule has 4 nitrogen and oxygen atoms in total. The Balaban J connectivity index is 3.71. The average molecular weight is 202 g/mol. The average Bonchev–Trinajstić information content (AvgIpc) is 2.02. The van der Waals surface area contributed by atoms with Crippen molar-refractivity contribution in [2.75, 3.05) is 6.61 Å². The van der Waals surface area contributed by atoms with E-state index in [-0.39, 0.29) is 25.0 Å². The quantitative estimate of drug-likeness (QED) is 0.636. The predicted molar refractivity (Wildman–Crippen MR) is 51.7 cm³/mol. The van der Waals surface area contributed by atoms with Crippen LogP contribution in [-0.4, -0.2) is 24.1 Å². The standard InChI is InChI=1S/C10H18O4/c1-5-10(3,4)14-9(12)6-7-13-8(2)11/h5-7H2,1-4H3. The van der Waals surface area contributed by atoms with Crippen molar-refractivity contribution in [3.05, 3.63) is 0 Å². The summed E-state index contributed by atoms with van der Waals surface area (Å²) in [6.45, 7) is 7.03. The van der Waals surface area contributed by atoms with Gasteiger partial charge in [-0.2, -0.15) is 0 Å². The second-order valence-electron chi connectivity index (χ2n) is 3.68. The fourth-order valence-electron chi connectivity index (χ4n) is 0.709. The second kappa shape index (κ2) is 5.62. The van der Waals surface area contributed by atoms with E-state index in [1.54, 1.807) is 0 Å². The van der Waals surface area contributed by atoms with Crippen molar-refractivity contribution in [2.45, 2.75) is 46.1 Å². The molecule has 0 N–H and O–H groups in total. The van der Waals surface area contributed by atoms with Gasteiger partial charge in [-0.15, -0.1) is 0 Å². The molecular formula is C10H18O4. The summed E-state index contributed by atoms with van der Waals surface area (Å²) < 4.78 is 9.76. The van der Waals surface area contributed by atoms with Gasteiger partial charge in [-0.3, -0.25) is 9.59 Å². The monoisotopic (exact) mass is 202 g/mol. The molecular weight excluding hydrogens is 184 g/mol. The molecule has 0 aliphatic carbocycles. The fraction of sp³-hybridized carbons (Fsp3) is 0.800. The Morgan fingerprint density at radius 1 is 1.29 bits per heavy atom. The molecule has 82 valence electrons.